The summed E-state index contributed by atoms with van der Waals surface area (Å²) in [6.45, 7) is 7.15. The van der Waals surface area contributed by atoms with Crippen molar-refractivity contribution in [3.63, 3.8) is 0 Å². The van der Waals surface area contributed by atoms with Gasteiger partial charge in [0.05, 0.1) is 18.7 Å². The summed E-state index contributed by atoms with van der Waals surface area (Å²) >= 11 is 0. The van der Waals surface area contributed by atoms with Gasteiger partial charge in [0.25, 0.3) is 0 Å². The first-order valence-corrected chi connectivity index (χ1v) is 9.84. The molecule has 142 valence electrons. The van der Waals surface area contributed by atoms with Gasteiger partial charge in [0.2, 0.25) is 5.91 Å². The Labute approximate surface area is 161 Å². The van der Waals surface area contributed by atoms with Crippen LogP contribution < -0.4 is 4.74 Å². The van der Waals surface area contributed by atoms with Gasteiger partial charge in [-0.1, -0.05) is 18.2 Å². The van der Waals surface area contributed by atoms with E-state index in [1.165, 1.54) is 11.1 Å². The third kappa shape index (κ3) is 4.30. The number of nitrogens with zero attached hydrogens (tertiary/aromatic N) is 3. The molecule has 2 aliphatic heterocycles. The second-order valence-electron chi connectivity index (χ2n) is 7.49. The van der Waals surface area contributed by atoms with Gasteiger partial charge in [-0.2, -0.15) is 0 Å². The van der Waals surface area contributed by atoms with E-state index >= 15 is 0 Å². The number of piperazine rings is 1. The zero-order valence-electron chi connectivity index (χ0n) is 16.0. The number of pyridine rings is 1. The number of hydrogen-bond acceptors (Lipinski definition) is 4. The molecule has 1 aromatic carbocycles. The van der Waals surface area contributed by atoms with E-state index < -0.39 is 0 Å². The van der Waals surface area contributed by atoms with E-state index in [9.17, 15) is 4.79 Å². The fourth-order valence-corrected chi connectivity index (χ4v) is 3.86. The lowest BCUT2D eigenvalue weighted by Gasteiger charge is -2.34. The summed E-state index contributed by atoms with van der Waals surface area (Å²) in [6.07, 6.45) is 4.43. The SMILES string of the molecule is Cc1cccnc1CN1CCN(C(=O)Cc2ccc3c(c2)CCCO3)CC1. The molecule has 0 bridgehead atoms. The maximum absolute atomic E-state index is 12.7. The maximum atomic E-state index is 12.7. The molecule has 3 heterocycles. The van der Waals surface area contributed by atoms with Crippen molar-refractivity contribution in [2.45, 2.75) is 32.7 Å². The summed E-state index contributed by atoms with van der Waals surface area (Å²) < 4.78 is 5.66. The Morgan fingerprint density at radius 3 is 2.85 bits per heavy atom. The second-order valence-corrected chi connectivity index (χ2v) is 7.49. The summed E-state index contributed by atoms with van der Waals surface area (Å²) in [6, 6.07) is 10.3. The number of aryl methyl sites for hydroxylation is 2. The number of hydrogen-bond donors (Lipinski definition) is 0. The van der Waals surface area contributed by atoms with Crippen molar-refractivity contribution in [3.8, 4) is 5.75 Å². The van der Waals surface area contributed by atoms with Gasteiger partial charge in [0, 0.05) is 38.9 Å². The minimum atomic E-state index is 0.223. The third-order valence-corrected chi connectivity index (χ3v) is 5.54. The summed E-state index contributed by atoms with van der Waals surface area (Å²) in [5, 5.41) is 0. The highest BCUT2D eigenvalue weighted by molar-refractivity contribution is 5.79. The summed E-state index contributed by atoms with van der Waals surface area (Å²) in [5.41, 5.74) is 4.69. The van der Waals surface area contributed by atoms with Crippen LogP contribution in [0.4, 0.5) is 0 Å². The van der Waals surface area contributed by atoms with Crippen molar-refractivity contribution < 1.29 is 9.53 Å². The first kappa shape index (κ1) is 18.0. The van der Waals surface area contributed by atoms with E-state index in [1.807, 2.05) is 29.3 Å². The maximum Gasteiger partial charge on any atom is 0.227 e. The Morgan fingerprint density at radius 2 is 2.04 bits per heavy atom. The van der Waals surface area contributed by atoms with Gasteiger partial charge in [-0.3, -0.25) is 14.7 Å². The molecular weight excluding hydrogens is 338 g/mol. The van der Waals surface area contributed by atoms with Gasteiger partial charge >= 0.3 is 0 Å². The van der Waals surface area contributed by atoms with Crippen molar-refractivity contribution in [1.82, 2.24) is 14.8 Å². The summed E-state index contributed by atoms with van der Waals surface area (Å²) in [4.78, 5) is 21.6. The number of rotatable bonds is 4. The lowest BCUT2D eigenvalue weighted by Crippen LogP contribution is -2.48. The van der Waals surface area contributed by atoms with E-state index in [1.54, 1.807) is 0 Å². The monoisotopic (exact) mass is 365 g/mol. The number of amides is 1. The van der Waals surface area contributed by atoms with Crippen molar-refractivity contribution >= 4 is 5.91 Å². The average molecular weight is 365 g/mol. The Morgan fingerprint density at radius 1 is 1.19 bits per heavy atom. The number of ether oxygens (including phenoxy) is 1. The minimum absolute atomic E-state index is 0.223. The van der Waals surface area contributed by atoms with Crippen molar-refractivity contribution in [3.05, 3.63) is 58.9 Å². The Balaban J connectivity index is 1.30. The van der Waals surface area contributed by atoms with E-state index in [2.05, 4.69) is 28.9 Å². The molecule has 1 fully saturated rings. The molecule has 2 aromatic rings. The van der Waals surface area contributed by atoms with Crippen LogP contribution in [0.5, 0.6) is 5.75 Å². The average Bonchev–Trinajstić information content (AvgIpc) is 2.70. The van der Waals surface area contributed by atoms with Crippen molar-refractivity contribution in [1.29, 1.82) is 0 Å². The van der Waals surface area contributed by atoms with Crippen LogP contribution >= 0.6 is 0 Å². The van der Waals surface area contributed by atoms with Crippen LogP contribution in [0.3, 0.4) is 0 Å². The Kier molecular flexibility index (Phi) is 5.39. The van der Waals surface area contributed by atoms with Crippen LogP contribution in [0, 0.1) is 6.92 Å². The van der Waals surface area contributed by atoms with Crippen LogP contribution in [0.2, 0.25) is 0 Å². The molecule has 4 rings (SSSR count). The van der Waals surface area contributed by atoms with Gasteiger partial charge in [-0.25, -0.2) is 0 Å². The molecule has 5 nitrogen and oxygen atoms in total. The standard InChI is InChI=1S/C22H27N3O2/c1-17-4-2-8-23-20(17)16-24-9-11-25(12-10-24)22(26)15-18-6-7-21-19(14-18)5-3-13-27-21/h2,4,6-8,14H,3,5,9-13,15-16H2,1H3. The highest BCUT2D eigenvalue weighted by Gasteiger charge is 2.22. The fourth-order valence-electron chi connectivity index (χ4n) is 3.86. The Bertz CT molecular complexity index is 813. The first-order valence-electron chi connectivity index (χ1n) is 9.84. The molecule has 5 heteroatoms. The molecule has 0 spiro atoms. The zero-order chi connectivity index (χ0) is 18.6. The van der Waals surface area contributed by atoms with E-state index in [4.69, 9.17) is 4.74 Å². The van der Waals surface area contributed by atoms with Crippen LogP contribution in [0.15, 0.2) is 36.5 Å². The second kappa shape index (κ2) is 8.09. The van der Waals surface area contributed by atoms with E-state index in [-0.39, 0.29) is 5.91 Å². The summed E-state index contributed by atoms with van der Waals surface area (Å²) in [5.74, 6) is 1.20. The van der Waals surface area contributed by atoms with Gasteiger partial charge in [-0.05, 0) is 48.6 Å². The van der Waals surface area contributed by atoms with Crippen LogP contribution in [-0.4, -0.2) is 53.5 Å². The molecule has 0 atom stereocenters. The number of aromatic nitrogens is 1. The third-order valence-electron chi connectivity index (χ3n) is 5.54. The highest BCUT2D eigenvalue weighted by atomic mass is 16.5. The smallest absolute Gasteiger partial charge is 0.227 e. The molecule has 0 unspecified atom stereocenters. The topological polar surface area (TPSA) is 45.7 Å². The van der Waals surface area contributed by atoms with Crippen LogP contribution in [0.1, 0.15) is 28.8 Å². The normalized spacial score (nSPS) is 17.3. The quantitative estimate of drug-likeness (QED) is 0.836. The zero-order valence-corrected chi connectivity index (χ0v) is 16.0. The molecule has 0 N–H and O–H groups in total. The number of carbonyl (C=O) groups excluding carboxylic acids is 1. The molecule has 0 aliphatic carbocycles. The predicted molar refractivity (Wildman–Crippen MR) is 105 cm³/mol. The molecule has 1 amide bonds. The number of carbonyl (C=O) groups is 1. The van der Waals surface area contributed by atoms with Gasteiger partial charge < -0.3 is 9.64 Å². The lowest BCUT2D eigenvalue weighted by molar-refractivity contribution is -0.132. The molecule has 1 saturated heterocycles. The van der Waals surface area contributed by atoms with E-state index in [0.717, 1.165) is 69.2 Å². The minimum Gasteiger partial charge on any atom is -0.493 e. The summed E-state index contributed by atoms with van der Waals surface area (Å²) in [7, 11) is 0. The van der Waals surface area contributed by atoms with Crippen molar-refractivity contribution in [2.75, 3.05) is 32.8 Å². The van der Waals surface area contributed by atoms with Gasteiger partial charge in [0.1, 0.15) is 5.75 Å². The number of benzene rings is 1. The highest BCUT2D eigenvalue weighted by Crippen LogP contribution is 2.26. The first-order chi connectivity index (χ1) is 13.2. The predicted octanol–water partition coefficient (Wildman–Crippen LogP) is 2.60. The molecule has 27 heavy (non-hydrogen) atoms. The fraction of sp³-hybridized carbons (Fsp3) is 0.455. The van der Waals surface area contributed by atoms with Crippen LogP contribution in [-0.2, 0) is 24.2 Å². The molecular formula is C22H27N3O2. The van der Waals surface area contributed by atoms with Gasteiger partial charge in [-0.15, -0.1) is 0 Å². The Hall–Kier alpha value is -2.40. The molecule has 0 saturated carbocycles. The van der Waals surface area contributed by atoms with Crippen molar-refractivity contribution in [2.24, 2.45) is 0 Å². The van der Waals surface area contributed by atoms with Gasteiger partial charge in [0.15, 0.2) is 0 Å². The van der Waals surface area contributed by atoms with E-state index in [0.29, 0.717) is 6.42 Å². The molecule has 1 aromatic heterocycles. The largest absolute Gasteiger partial charge is 0.493 e. The molecule has 2 aliphatic rings. The molecule has 0 radical (unpaired) electrons. The lowest BCUT2D eigenvalue weighted by atomic mass is 10.0. The number of fused-ring (bicyclic) bond motifs is 1. The van der Waals surface area contributed by atoms with Crippen LogP contribution in [0.25, 0.3) is 0 Å².